The number of piperazine rings is 1. The molecule has 102 valence electrons. The Morgan fingerprint density at radius 3 is 2.63 bits per heavy atom. The average Bonchev–Trinajstić information content (AvgIpc) is 2.41. The van der Waals surface area contributed by atoms with Crippen molar-refractivity contribution in [2.75, 3.05) is 40.3 Å². The van der Waals surface area contributed by atoms with E-state index in [0.29, 0.717) is 13.1 Å². The number of aliphatic imine (C=N–C) groups is 1. The fourth-order valence-corrected chi connectivity index (χ4v) is 2.12. The first-order chi connectivity index (χ1) is 9.11. The number of halogens is 1. The highest BCUT2D eigenvalue weighted by molar-refractivity contribution is 5.96. The molecular weight excluding hydrogens is 245 g/mol. The van der Waals surface area contributed by atoms with Crippen molar-refractivity contribution in [3.05, 3.63) is 35.1 Å². The van der Waals surface area contributed by atoms with E-state index in [1.165, 1.54) is 6.07 Å². The van der Waals surface area contributed by atoms with Crippen LogP contribution in [0.25, 0.3) is 0 Å². The van der Waals surface area contributed by atoms with Crippen molar-refractivity contribution < 1.29 is 9.18 Å². The van der Waals surface area contributed by atoms with Crippen molar-refractivity contribution in [1.29, 1.82) is 0 Å². The molecule has 4 nitrogen and oxygen atoms in total. The second-order valence-corrected chi connectivity index (χ2v) is 4.72. The van der Waals surface area contributed by atoms with Crippen LogP contribution in [0, 0.1) is 5.82 Å². The lowest BCUT2D eigenvalue weighted by Gasteiger charge is -2.32. The molecule has 2 rings (SSSR count). The number of hydrogen-bond acceptors (Lipinski definition) is 3. The van der Waals surface area contributed by atoms with Crippen LogP contribution in [0.2, 0.25) is 0 Å². The lowest BCUT2D eigenvalue weighted by atomic mass is 10.1. The van der Waals surface area contributed by atoms with Gasteiger partial charge in [0.05, 0.1) is 5.56 Å². The SMILES string of the molecule is C/N=C/c1ccc(F)c(C(=O)N2CCN(C)CC2)c1. The maximum atomic E-state index is 13.8. The van der Waals surface area contributed by atoms with Gasteiger partial charge < -0.3 is 9.80 Å². The molecule has 19 heavy (non-hydrogen) atoms. The Morgan fingerprint density at radius 2 is 2.00 bits per heavy atom. The van der Waals surface area contributed by atoms with Crippen molar-refractivity contribution >= 4 is 12.1 Å². The Bertz CT molecular complexity index is 493. The largest absolute Gasteiger partial charge is 0.336 e. The van der Waals surface area contributed by atoms with Crippen LogP contribution in [0.15, 0.2) is 23.2 Å². The number of carbonyl (C=O) groups excluding carboxylic acids is 1. The smallest absolute Gasteiger partial charge is 0.256 e. The number of carbonyl (C=O) groups is 1. The van der Waals surface area contributed by atoms with E-state index in [9.17, 15) is 9.18 Å². The van der Waals surface area contributed by atoms with Crippen molar-refractivity contribution in [2.45, 2.75) is 0 Å². The summed E-state index contributed by atoms with van der Waals surface area (Å²) in [4.78, 5) is 20.0. The summed E-state index contributed by atoms with van der Waals surface area (Å²) in [5.41, 5.74) is 0.864. The lowest BCUT2D eigenvalue weighted by Crippen LogP contribution is -2.47. The molecule has 1 amide bonds. The molecule has 0 aliphatic carbocycles. The Labute approximate surface area is 112 Å². The van der Waals surface area contributed by atoms with Crippen LogP contribution < -0.4 is 0 Å². The van der Waals surface area contributed by atoms with Gasteiger partial charge in [-0.05, 0) is 24.7 Å². The van der Waals surface area contributed by atoms with Crippen LogP contribution in [0.4, 0.5) is 4.39 Å². The predicted molar refractivity (Wildman–Crippen MR) is 73.3 cm³/mol. The van der Waals surface area contributed by atoms with E-state index in [2.05, 4.69) is 9.89 Å². The van der Waals surface area contributed by atoms with Gasteiger partial charge in [-0.2, -0.15) is 0 Å². The van der Waals surface area contributed by atoms with E-state index in [0.717, 1.165) is 18.7 Å². The molecule has 0 spiro atoms. The van der Waals surface area contributed by atoms with E-state index in [1.54, 1.807) is 30.3 Å². The van der Waals surface area contributed by atoms with Gasteiger partial charge in [-0.3, -0.25) is 9.79 Å². The molecular formula is C14H18FN3O. The predicted octanol–water partition coefficient (Wildman–Crippen LogP) is 1.26. The van der Waals surface area contributed by atoms with Crippen LogP contribution in [0.3, 0.4) is 0 Å². The fourth-order valence-electron chi connectivity index (χ4n) is 2.12. The minimum Gasteiger partial charge on any atom is -0.336 e. The lowest BCUT2D eigenvalue weighted by molar-refractivity contribution is 0.0659. The Hall–Kier alpha value is -1.75. The summed E-state index contributed by atoms with van der Waals surface area (Å²) >= 11 is 0. The zero-order chi connectivity index (χ0) is 13.8. The van der Waals surface area contributed by atoms with Gasteiger partial charge in [0.15, 0.2) is 0 Å². The number of likely N-dealkylation sites (N-methyl/N-ethyl adjacent to an activating group) is 1. The summed E-state index contributed by atoms with van der Waals surface area (Å²) < 4.78 is 13.8. The summed E-state index contributed by atoms with van der Waals surface area (Å²) in [6, 6.07) is 4.49. The Balaban J connectivity index is 2.20. The molecule has 0 radical (unpaired) electrons. The molecule has 1 saturated heterocycles. The third-order valence-electron chi connectivity index (χ3n) is 3.29. The van der Waals surface area contributed by atoms with Crippen LogP contribution >= 0.6 is 0 Å². The minimum absolute atomic E-state index is 0.127. The molecule has 1 heterocycles. The van der Waals surface area contributed by atoms with E-state index >= 15 is 0 Å². The number of nitrogens with zero attached hydrogens (tertiary/aromatic N) is 3. The van der Waals surface area contributed by atoms with Gasteiger partial charge in [0.2, 0.25) is 0 Å². The molecule has 0 unspecified atom stereocenters. The van der Waals surface area contributed by atoms with Gasteiger partial charge in [0.25, 0.3) is 5.91 Å². The minimum atomic E-state index is -0.475. The van der Waals surface area contributed by atoms with E-state index in [-0.39, 0.29) is 11.5 Å². The molecule has 1 fully saturated rings. The van der Waals surface area contributed by atoms with Gasteiger partial charge in [0.1, 0.15) is 5.82 Å². The summed E-state index contributed by atoms with van der Waals surface area (Å²) in [6.45, 7) is 2.93. The first kappa shape index (κ1) is 13.7. The molecule has 1 aliphatic heterocycles. The first-order valence-corrected chi connectivity index (χ1v) is 6.31. The Kier molecular flexibility index (Phi) is 4.27. The number of benzene rings is 1. The number of rotatable bonds is 2. The molecule has 1 aromatic rings. The van der Waals surface area contributed by atoms with Crippen molar-refractivity contribution in [3.63, 3.8) is 0 Å². The molecule has 0 bridgehead atoms. The monoisotopic (exact) mass is 263 g/mol. The quantitative estimate of drug-likeness (QED) is 0.753. The number of amides is 1. The van der Waals surface area contributed by atoms with E-state index in [4.69, 9.17) is 0 Å². The van der Waals surface area contributed by atoms with Crippen molar-refractivity contribution in [1.82, 2.24) is 9.80 Å². The second-order valence-electron chi connectivity index (χ2n) is 4.72. The van der Waals surface area contributed by atoms with Crippen molar-refractivity contribution in [2.24, 2.45) is 4.99 Å². The summed E-state index contributed by atoms with van der Waals surface area (Å²) in [6.07, 6.45) is 1.61. The fraction of sp³-hybridized carbons (Fsp3) is 0.429. The molecule has 0 atom stereocenters. The van der Waals surface area contributed by atoms with Crippen LogP contribution in [0.5, 0.6) is 0 Å². The molecule has 0 aromatic heterocycles. The zero-order valence-electron chi connectivity index (χ0n) is 11.3. The second kappa shape index (κ2) is 5.93. The zero-order valence-corrected chi connectivity index (χ0v) is 11.3. The first-order valence-electron chi connectivity index (χ1n) is 6.31. The highest BCUT2D eigenvalue weighted by Gasteiger charge is 2.22. The normalized spacial score (nSPS) is 17.1. The van der Waals surface area contributed by atoms with Gasteiger partial charge in [-0.25, -0.2) is 4.39 Å². The van der Waals surface area contributed by atoms with Gasteiger partial charge in [-0.15, -0.1) is 0 Å². The molecule has 0 saturated carbocycles. The van der Waals surface area contributed by atoms with Crippen molar-refractivity contribution in [3.8, 4) is 0 Å². The molecule has 5 heteroatoms. The topological polar surface area (TPSA) is 35.9 Å². The summed E-state index contributed by atoms with van der Waals surface area (Å²) in [5, 5.41) is 0. The highest BCUT2D eigenvalue weighted by atomic mass is 19.1. The standard InChI is InChI=1S/C14H18FN3O/c1-16-10-11-3-4-13(15)12(9-11)14(19)18-7-5-17(2)6-8-18/h3-4,9-10H,5-8H2,1-2H3/b16-10+. The highest BCUT2D eigenvalue weighted by Crippen LogP contribution is 2.14. The van der Waals surface area contributed by atoms with Crippen LogP contribution in [-0.4, -0.2) is 62.2 Å². The maximum absolute atomic E-state index is 13.8. The molecule has 0 N–H and O–H groups in total. The van der Waals surface area contributed by atoms with Crippen LogP contribution in [-0.2, 0) is 0 Å². The van der Waals surface area contributed by atoms with Gasteiger partial charge in [0, 0.05) is 39.4 Å². The third-order valence-corrected chi connectivity index (χ3v) is 3.29. The van der Waals surface area contributed by atoms with Gasteiger partial charge >= 0.3 is 0 Å². The summed E-state index contributed by atoms with van der Waals surface area (Å²) in [7, 11) is 3.66. The maximum Gasteiger partial charge on any atom is 0.256 e. The number of hydrogen-bond donors (Lipinski definition) is 0. The molecule has 1 aromatic carbocycles. The average molecular weight is 263 g/mol. The molecule has 1 aliphatic rings. The Morgan fingerprint density at radius 1 is 1.32 bits per heavy atom. The van der Waals surface area contributed by atoms with Gasteiger partial charge in [-0.1, -0.05) is 6.07 Å². The third kappa shape index (κ3) is 3.17. The van der Waals surface area contributed by atoms with E-state index in [1.807, 2.05) is 7.05 Å². The van der Waals surface area contributed by atoms with Crippen LogP contribution in [0.1, 0.15) is 15.9 Å². The van der Waals surface area contributed by atoms with E-state index < -0.39 is 5.82 Å². The summed E-state index contributed by atoms with van der Waals surface area (Å²) in [5.74, 6) is -0.714.